The maximum absolute atomic E-state index is 12.2. The predicted molar refractivity (Wildman–Crippen MR) is 94.4 cm³/mol. The molecule has 1 amide bonds. The second-order valence-corrected chi connectivity index (χ2v) is 5.59. The lowest BCUT2D eigenvalue weighted by Crippen LogP contribution is -2.46. The summed E-state index contributed by atoms with van der Waals surface area (Å²) in [6.07, 6.45) is -0.463. The molecule has 1 N–H and O–H groups in total. The number of hydrogen-bond donors (Lipinski definition) is 2. The summed E-state index contributed by atoms with van der Waals surface area (Å²) >= 11 is 4.45. The zero-order chi connectivity index (χ0) is 17.1. The van der Waals surface area contributed by atoms with Gasteiger partial charge in [-0.25, -0.2) is 0 Å². The first-order valence-electron chi connectivity index (χ1n) is 7.28. The van der Waals surface area contributed by atoms with Gasteiger partial charge in [0.1, 0.15) is 23.6 Å². The van der Waals surface area contributed by atoms with Gasteiger partial charge in [-0.1, -0.05) is 30.3 Å². The fourth-order valence-electron chi connectivity index (χ4n) is 2.58. The van der Waals surface area contributed by atoms with Gasteiger partial charge in [0.15, 0.2) is 0 Å². The summed E-state index contributed by atoms with van der Waals surface area (Å²) in [4.78, 5) is 14.1. The molecule has 24 heavy (non-hydrogen) atoms. The third kappa shape index (κ3) is 2.82. The highest BCUT2D eigenvalue weighted by Gasteiger charge is 2.33. The Morgan fingerprint density at radius 3 is 2.42 bits per heavy atom. The van der Waals surface area contributed by atoms with Crippen LogP contribution in [-0.2, 0) is 4.79 Å². The quantitative estimate of drug-likeness (QED) is 0.845. The van der Waals surface area contributed by atoms with Crippen molar-refractivity contribution in [3.05, 3.63) is 70.8 Å². The zero-order valence-electron chi connectivity index (χ0n) is 12.9. The van der Waals surface area contributed by atoms with E-state index in [4.69, 9.17) is 4.74 Å². The summed E-state index contributed by atoms with van der Waals surface area (Å²) < 4.78 is 5.18. The molecule has 6 heteroatoms. The van der Waals surface area contributed by atoms with Crippen LogP contribution in [0.1, 0.15) is 11.7 Å². The number of ether oxygens (including phenoxy) is 1. The van der Waals surface area contributed by atoms with Crippen LogP contribution in [0.3, 0.4) is 0 Å². The second kappa shape index (κ2) is 6.69. The summed E-state index contributed by atoms with van der Waals surface area (Å²) in [5.41, 5.74) is 1.68. The number of methoxy groups -OCH3 is 1. The average Bonchev–Trinajstić information content (AvgIpc) is 2.62. The lowest BCUT2D eigenvalue weighted by molar-refractivity contribution is -0.118. The number of anilines is 1. The van der Waals surface area contributed by atoms with Crippen molar-refractivity contribution in [2.45, 2.75) is 6.17 Å². The van der Waals surface area contributed by atoms with E-state index in [9.17, 15) is 10.1 Å². The van der Waals surface area contributed by atoms with Crippen LogP contribution in [0.15, 0.2) is 65.2 Å². The largest absolute Gasteiger partial charge is 0.497 e. The van der Waals surface area contributed by atoms with Crippen LogP contribution in [0.4, 0.5) is 5.69 Å². The van der Waals surface area contributed by atoms with Crippen molar-refractivity contribution in [3.63, 3.8) is 0 Å². The summed E-state index contributed by atoms with van der Waals surface area (Å²) in [5, 5.41) is 12.5. The van der Waals surface area contributed by atoms with Crippen molar-refractivity contribution < 1.29 is 9.53 Å². The van der Waals surface area contributed by atoms with Gasteiger partial charge in [-0.05, 0) is 29.8 Å². The van der Waals surface area contributed by atoms with Gasteiger partial charge in [0.2, 0.25) is 0 Å². The highest BCUT2D eigenvalue weighted by Crippen LogP contribution is 2.35. The Morgan fingerprint density at radius 2 is 1.83 bits per heavy atom. The highest BCUT2D eigenvalue weighted by molar-refractivity contribution is 7.84. The Hall–Kier alpha value is -2.91. The van der Waals surface area contributed by atoms with E-state index in [-0.39, 0.29) is 5.57 Å². The van der Waals surface area contributed by atoms with Crippen molar-refractivity contribution in [3.8, 4) is 11.8 Å². The van der Waals surface area contributed by atoms with Crippen LogP contribution < -0.4 is 15.0 Å². The molecular weight excluding hydrogens is 322 g/mol. The Kier molecular flexibility index (Phi) is 4.45. The molecule has 5 nitrogen and oxygen atoms in total. The molecule has 0 saturated carbocycles. The number of benzene rings is 2. The lowest BCUT2D eigenvalue weighted by Gasteiger charge is -2.38. The molecular formula is C18H15N3O2S. The summed E-state index contributed by atoms with van der Waals surface area (Å²) in [6.45, 7) is 0. The average molecular weight is 337 g/mol. The lowest BCUT2D eigenvalue weighted by atomic mass is 10.1. The van der Waals surface area contributed by atoms with Gasteiger partial charge < -0.3 is 15.0 Å². The third-order valence-corrected chi connectivity index (χ3v) is 4.22. The van der Waals surface area contributed by atoms with E-state index in [0.717, 1.165) is 17.0 Å². The Balaban J connectivity index is 2.11. The van der Waals surface area contributed by atoms with E-state index in [1.54, 1.807) is 7.11 Å². The minimum absolute atomic E-state index is 0.00746. The van der Waals surface area contributed by atoms with E-state index < -0.39 is 12.1 Å². The maximum Gasteiger partial charge on any atom is 0.266 e. The molecule has 3 rings (SSSR count). The van der Waals surface area contributed by atoms with Crippen molar-refractivity contribution in [1.29, 1.82) is 5.26 Å². The van der Waals surface area contributed by atoms with Crippen molar-refractivity contribution >= 4 is 24.2 Å². The number of nitrogens with one attached hydrogen (secondary N) is 1. The van der Waals surface area contributed by atoms with Crippen LogP contribution in [-0.4, -0.2) is 13.0 Å². The maximum atomic E-state index is 12.2. The molecule has 0 unspecified atom stereocenters. The minimum atomic E-state index is -0.463. The number of carbonyl (C=O) groups excluding carboxylic acids is 1. The minimum Gasteiger partial charge on any atom is -0.497 e. The number of amides is 1. The van der Waals surface area contributed by atoms with Gasteiger partial charge >= 0.3 is 0 Å². The first-order valence-corrected chi connectivity index (χ1v) is 7.73. The highest BCUT2D eigenvalue weighted by atomic mass is 32.1. The molecule has 0 fully saturated rings. The molecule has 0 aromatic heterocycles. The van der Waals surface area contributed by atoms with E-state index in [1.165, 1.54) is 0 Å². The van der Waals surface area contributed by atoms with Gasteiger partial charge in [0.25, 0.3) is 5.91 Å². The van der Waals surface area contributed by atoms with Gasteiger partial charge in [-0.2, -0.15) is 5.26 Å². The first kappa shape index (κ1) is 16.0. The van der Waals surface area contributed by atoms with Crippen molar-refractivity contribution in [1.82, 2.24) is 5.32 Å². The molecule has 2 aromatic rings. The standard InChI is InChI=1S/C18H15N3O2S/c1-23-14-9-7-12(8-10-14)16-20-17(22)15(11-19)18(24)21(16)13-5-3-2-4-6-13/h2-10,16,24H,1H3,(H,20,22)/t16-/m1/s1. The molecule has 1 aliphatic heterocycles. The van der Waals surface area contributed by atoms with Crippen LogP contribution in [0.5, 0.6) is 5.75 Å². The molecule has 0 radical (unpaired) electrons. The number of hydrogen-bond acceptors (Lipinski definition) is 5. The molecule has 0 saturated heterocycles. The SMILES string of the molecule is COc1ccc([C@@H]2NC(=O)C(C#N)=C(S)N2c2ccccc2)cc1. The predicted octanol–water partition coefficient (Wildman–Crippen LogP) is 3.00. The molecule has 1 heterocycles. The second-order valence-electron chi connectivity index (χ2n) is 5.17. The van der Waals surface area contributed by atoms with Crippen LogP contribution >= 0.6 is 12.6 Å². The number of carbonyl (C=O) groups is 1. The van der Waals surface area contributed by atoms with Crippen LogP contribution in [0.2, 0.25) is 0 Å². The number of thiol groups is 1. The first-order chi connectivity index (χ1) is 11.7. The van der Waals surface area contributed by atoms with Crippen LogP contribution in [0, 0.1) is 11.3 Å². The summed E-state index contributed by atoms with van der Waals surface area (Å²) in [6, 6.07) is 18.8. The fourth-order valence-corrected chi connectivity index (χ4v) is 2.97. The zero-order valence-corrected chi connectivity index (χ0v) is 13.8. The molecule has 2 aromatic carbocycles. The molecule has 0 aliphatic carbocycles. The Morgan fingerprint density at radius 1 is 1.17 bits per heavy atom. The fraction of sp³-hybridized carbons (Fsp3) is 0.111. The molecule has 1 aliphatic rings. The molecule has 0 bridgehead atoms. The van der Waals surface area contributed by atoms with E-state index in [2.05, 4.69) is 17.9 Å². The smallest absolute Gasteiger partial charge is 0.266 e. The summed E-state index contributed by atoms with van der Waals surface area (Å²) in [7, 11) is 1.60. The molecule has 120 valence electrons. The van der Waals surface area contributed by atoms with Gasteiger partial charge in [-0.15, -0.1) is 12.6 Å². The summed E-state index contributed by atoms with van der Waals surface area (Å²) in [5.74, 6) is 0.294. The number of rotatable bonds is 3. The third-order valence-electron chi connectivity index (χ3n) is 3.78. The van der Waals surface area contributed by atoms with E-state index >= 15 is 0 Å². The number of para-hydroxylation sites is 1. The van der Waals surface area contributed by atoms with Gasteiger partial charge in [-0.3, -0.25) is 4.79 Å². The Bertz CT molecular complexity index is 826. The molecule has 0 spiro atoms. The van der Waals surface area contributed by atoms with Gasteiger partial charge in [0.05, 0.1) is 12.1 Å². The van der Waals surface area contributed by atoms with Crippen molar-refractivity contribution in [2.24, 2.45) is 0 Å². The Labute approximate surface area is 145 Å². The number of nitrogens with zero attached hydrogens (tertiary/aromatic N) is 2. The molecule has 1 atom stereocenters. The topological polar surface area (TPSA) is 65.4 Å². The number of nitriles is 1. The van der Waals surface area contributed by atoms with Crippen LogP contribution in [0.25, 0.3) is 0 Å². The van der Waals surface area contributed by atoms with E-state index in [1.807, 2.05) is 65.6 Å². The normalized spacial score (nSPS) is 17.3. The van der Waals surface area contributed by atoms with E-state index in [0.29, 0.717) is 5.03 Å². The van der Waals surface area contributed by atoms with Gasteiger partial charge in [0, 0.05) is 5.69 Å². The van der Waals surface area contributed by atoms with Crippen molar-refractivity contribution in [2.75, 3.05) is 12.0 Å². The monoisotopic (exact) mass is 337 g/mol.